The second kappa shape index (κ2) is 4.90. The van der Waals surface area contributed by atoms with Gasteiger partial charge >= 0.3 is 5.97 Å². The molecule has 0 aromatic rings. The molecule has 2 N–H and O–H groups in total. The van der Waals surface area contributed by atoms with E-state index >= 15 is 0 Å². The average Bonchev–Trinajstić information content (AvgIpc) is 2.55. The van der Waals surface area contributed by atoms with E-state index < -0.39 is 0 Å². The van der Waals surface area contributed by atoms with Gasteiger partial charge in [-0.25, -0.2) is 4.79 Å². The van der Waals surface area contributed by atoms with E-state index in [1.807, 2.05) is 0 Å². The van der Waals surface area contributed by atoms with Crippen LogP contribution in [0.1, 0.15) is 32.6 Å². The fourth-order valence-electron chi connectivity index (χ4n) is 1.70. The number of hydrogen-bond acceptors (Lipinski definition) is 3. The molecule has 0 saturated heterocycles. The molecule has 0 atom stereocenters. The summed E-state index contributed by atoms with van der Waals surface area (Å²) >= 11 is 0. The van der Waals surface area contributed by atoms with Gasteiger partial charge < -0.3 is 10.5 Å². The fourth-order valence-corrected chi connectivity index (χ4v) is 1.70. The number of allylic oxidation sites excluding steroid dienone is 1. The molecule has 0 aromatic heterocycles. The molecule has 3 heteroatoms. The Bertz CT molecular complexity index is 205. The number of ether oxygens (including phenoxy) is 1. The molecule has 1 fully saturated rings. The summed E-state index contributed by atoms with van der Waals surface area (Å²) in [4.78, 5) is 11.0. The van der Waals surface area contributed by atoms with Crippen molar-refractivity contribution in [3.8, 4) is 0 Å². The molecule has 0 amide bonds. The quantitative estimate of drug-likeness (QED) is 0.534. The van der Waals surface area contributed by atoms with Gasteiger partial charge in [-0.3, -0.25) is 0 Å². The third kappa shape index (κ3) is 3.09. The fraction of sp³-hybridized carbons (Fsp3) is 0.700. The lowest BCUT2D eigenvalue weighted by molar-refractivity contribution is -0.137. The van der Waals surface area contributed by atoms with Crippen LogP contribution in [0.25, 0.3) is 0 Å². The molecule has 13 heavy (non-hydrogen) atoms. The van der Waals surface area contributed by atoms with Gasteiger partial charge in [0.1, 0.15) is 0 Å². The normalized spacial score (nSPS) is 19.0. The first-order valence-corrected chi connectivity index (χ1v) is 4.88. The van der Waals surface area contributed by atoms with Crippen LogP contribution >= 0.6 is 0 Å². The molecule has 1 saturated carbocycles. The Kier molecular flexibility index (Phi) is 3.80. The third-order valence-corrected chi connectivity index (χ3v) is 2.40. The predicted molar refractivity (Wildman–Crippen MR) is 50.9 cm³/mol. The Morgan fingerprint density at radius 1 is 1.54 bits per heavy atom. The highest BCUT2D eigenvalue weighted by molar-refractivity contribution is 5.82. The Hall–Kier alpha value is -0.990. The molecule has 0 heterocycles. The zero-order valence-corrected chi connectivity index (χ0v) is 8.08. The van der Waals surface area contributed by atoms with Crippen molar-refractivity contribution in [2.45, 2.75) is 32.6 Å². The molecule has 0 bridgehead atoms. The van der Waals surface area contributed by atoms with Crippen LogP contribution in [0.5, 0.6) is 0 Å². The Morgan fingerprint density at radius 2 is 2.15 bits per heavy atom. The van der Waals surface area contributed by atoms with Crippen molar-refractivity contribution in [3.63, 3.8) is 0 Å². The van der Waals surface area contributed by atoms with E-state index in [9.17, 15) is 4.79 Å². The van der Waals surface area contributed by atoms with Crippen LogP contribution < -0.4 is 5.73 Å². The summed E-state index contributed by atoms with van der Waals surface area (Å²) in [5.41, 5.74) is 6.46. The minimum absolute atomic E-state index is 0.313. The topological polar surface area (TPSA) is 52.3 Å². The van der Waals surface area contributed by atoms with Crippen molar-refractivity contribution in [3.05, 3.63) is 11.8 Å². The van der Waals surface area contributed by atoms with Gasteiger partial charge in [-0.1, -0.05) is 12.8 Å². The van der Waals surface area contributed by atoms with Crippen molar-refractivity contribution in [1.29, 1.82) is 0 Å². The summed E-state index contributed by atoms with van der Waals surface area (Å²) in [5.74, 6) is 0.0938. The summed E-state index contributed by atoms with van der Waals surface area (Å²) in [6.45, 7) is 2.20. The number of esters is 1. The van der Waals surface area contributed by atoms with Crippen molar-refractivity contribution >= 4 is 5.97 Å². The van der Waals surface area contributed by atoms with Gasteiger partial charge in [0.2, 0.25) is 0 Å². The predicted octanol–water partition coefficient (Wildman–Crippen LogP) is 1.58. The lowest BCUT2D eigenvalue weighted by Gasteiger charge is -2.08. The van der Waals surface area contributed by atoms with Crippen molar-refractivity contribution in [2.75, 3.05) is 6.61 Å². The maximum absolute atomic E-state index is 11.0. The minimum atomic E-state index is -0.313. The monoisotopic (exact) mass is 183 g/mol. The van der Waals surface area contributed by atoms with E-state index in [2.05, 4.69) is 0 Å². The summed E-state index contributed by atoms with van der Waals surface area (Å²) in [6, 6.07) is 0. The van der Waals surface area contributed by atoms with Gasteiger partial charge in [-0.15, -0.1) is 0 Å². The van der Waals surface area contributed by atoms with Crippen LogP contribution in [-0.2, 0) is 9.53 Å². The van der Waals surface area contributed by atoms with Crippen molar-refractivity contribution in [1.82, 2.24) is 0 Å². The number of carbonyl (C=O) groups is 1. The van der Waals surface area contributed by atoms with Gasteiger partial charge in [0.25, 0.3) is 0 Å². The van der Waals surface area contributed by atoms with E-state index in [0.717, 1.165) is 12.8 Å². The Morgan fingerprint density at radius 3 is 2.69 bits per heavy atom. The molecule has 0 unspecified atom stereocenters. The standard InChI is InChI=1S/C10H17NO2/c1-2-13-10(12)7-9(11)8-5-3-4-6-8/h7-8H,2-6,11H2,1H3/b9-7+. The largest absolute Gasteiger partial charge is 0.463 e. The first-order valence-electron chi connectivity index (χ1n) is 4.88. The number of carbonyl (C=O) groups excluding carboxylic acids is 1. The van der Waals surface area contributed by atoms with Gasteiger partial charge in [0.05, 0.1) is 6.61 Å². The first-order chi connectivity index (χ1) is 6.24. The van der Waals surface area contributed by atoms with E-state index in [0.29, 0.717) is 18.2 Å². The van der Waals surface area contributed by atoms with E-state index in [4.69, 9.17) is 10.5 Å². The van der Waals surface area contributed by atoms with Gasteiger partial charge in [-0.2, -0.15) is 0 Å². The summed E-state index contributed by atoms with van der Waals surface area (Å²) in [7, 11) is 0. The van der Waals surface area contributed by atoms with Crippen LogP contribution in [0.2, 0.25) is 0 Å². The van der Waals surface area contributed by atoms with Gasteiger partial charge in [0, 0.05) is 11.8 Å². The molecule has 1 aliphatic rings. The lowest BCUT2D eigenvalue weighted by atomic mass is 10.0. The molecule has 74 valence electrons. The molecule has 1 aliphatic carbocycles. The first kappa shape index (κ1) is 10.1. The number of rotatable bonds is 3. The van der Waals surface area contributed by atoms with Crippen LogP contribution in [0.3, 0.4) is 0 Å². The molecule has 0 radical (unpaired) electrons. The Labute approximate surface area is 78.9 Å². The molecular weight excluding hydrogens is 166 g/mol. The Balaban J connectivity index is 2.44. The lowest BCUT2D eigenvalue weighted by Crippen LogP contribution is -2.12. The summed E-state index contributed by atoms with van der Waals surface area (Å²) < 4.78 is 4.78. The molecule has 0 aromatic carbocycles. The zero-order chi connectivity index (χ0) is 9.68. The highest BCUT2D eigenvalue weighted by Gasteiger charge is 2.17. The van der Waals surface area contributed by atoms with E-state index in [-0.39, 0.29) is 5.97 Å². The highest BCUT2D eigenvalue weighted by Crippen LogP contribution is 2.28. The van der Waals surface area contributed by atoms with Crippen LogP contribution in [0.15, 0.2) is 11.8 Å². The van der Waals surface area contributed by atoms with Crippen LogP contribution in [0, 0.1) is 5.92 Å². The van der Waals surface area contributed by atoms with Gasteiger partial charge in [0.15, 0.2) is 0 Å². The smallest absolute Gasteiger partial charge is 0.332 e. The molecular formula is C10H17NO2. The maximum Gasteiger partial charge on any atom is 0.332 e. The second-order valence-electron chi connectivity index (χ2n) is 3.38. The van der Waals surface area contributed by atoms with Gasteiger partial charge in [-0.05, 0) is 25.7 Å². The van der Waals surface area contributed by atoms with Crippen molar-refractivity contribution < 1.29 is 9.53 Å². The summed E-state index contributed by atoms with van der Waals surface area (Å²) in [6.07, 6.45) is 6.10. The third-order valence-electron chi connectivity index (χ3n) is 2.40. The minimum Gasteiger partial charge on any atom is -0.463 e. The summed E-state index contributed by atoms with van der Waals surface area (Å²) in [5, 5.41) is 0. The maximum atomic E-state index is 11.0. The van der Waals surface area contributed by atoms with Crippen molar-refractivity contribution in [2.24, 2.45) is 11.7 Å². The van der Waals surface area contributed by atoms with Crippen LogP contribution in [0.4, 0.5) is 0 Å². The second-order valence-corrected chi connectivity index (χ2v) is 3.38. The molecule has 3 nitrogen and oxygen atoms in total. The highest BCUT2D eigenvalue weighted by atomic mass is 16.5. The number of hydrogen-bond donors (Lipinski definition) is 1. The molecule has 1 rings (SSSR count). The van der Waals surface area contributed by atoms with E-state index in [1.54, 1.807) is 6.92 Å². The number of nitrogens with two attached hydrogens (primary N) is 1. The SMILES string of the molecule is CCOC(=O)/C=C(/N)C1CCCC1. The average molecular weight is 183 g/mol. The molecule has 0 aliphatic heterocycles. The molecule has 0 spiro atoms. The zero-order valence-electron chi connectivity index (χ0n) is 8.08. The van der Waals surface area contributed by atoms with E-state index in [1.165, 1.54) is 18.9 Å². The van der Waals surface area contributed by atoms with Crippen LogP contribution in [-0.4, -0.2) is 12.6 Å².